The number of piperazine rings is 1. The average molecular weight is 530 g/mol. The number of hydrogen-bond donors (Lipinski definition) is 0. The number of thioether (sulfide) groups is 1. The van der Waals surface area contributed by atoms with Gasteiger partial charge in [0.1, 0.15) is 11.0 Å². The molecule has 1 spiro atoms. The minimum atomic E-state index is -0.431. The number of aromatic nitrogens is 2. The van der Waals surface area contributed by atoms with Gasteiger partial charge in [0, 0.05) is 64.7 Å². The number of hydrogen-bond acceptors (Lipinski definition) is 8. The molecule has 36 heavy (non-hydrogen) atoms. The number of nitrogens with zero attached hydrogens (tertiary/aromatic N) is 5. The van der Waals surface area contributed by atoms with Crippen molar-refractivity contribution in [1.82, 2.24) is 19.8 Å². The lowest BCUT2D eigenvalue weighted by molar-refractivity contribution is -0.169. The first-order valence-electron chi connectivity index (χ1n) is 12.5. The normalized spacial score (nSPS) is 20.5. The third-order valence-corrected chi connectivity index (χ3v) is 7.87. The van der Waals surface area contributed by atoms with Crippen LogP contribution in [0.1, 0.15) is 18.4 Å². The molecule has 3 saturated heterocycles. The number of amides is 1. The Morgan fingerprint density at radius 1 is 1.03 bits per heavy atom. The lowest BCUT2D eigenvalue weighted by Gasteiger charge is -2.38. The molecule has 0 radical (unpaired) electrons. The second kappa shape index (κ2) is 11.9. The van der Waals surface area contributed by atoms with E-state index in [0.29, 0.717) is 29.3 Å². The molecule has 10 heteroatoms. The highest BCUT2D eigenvalue weighted by Crippen LogP contribution is 2.33. The summed E-state index contributed by atoms with van der Waals surface area (Å²) in [6.45, 7) is 6.99. The Labute approximate surface area is 221 Å². The van der Waals surface area contributed by atoms with Gasteiger partial charge >= 0.3 is 0 Å². The monoisotopic (exact) mass is 529 g/mol. The van der Waals surface area contributed by atoms with Crippen molar-refractivity contribution < 1.29 is 14.3 Å². The molecule has 0 aliphatic carbocycles. The molecule has 5 rings (SSSR count). The van der Waals surface area contributed by atoms with E-state index in [1.807, 2.05) is 23.1 Å². The Bertz CT molecular complexity index is 1050. The third kappa shape index (κ3) is 6.58. The number of ether oxygens (including phenoxy) is 2. The number of rotatable bonds is 7. The average Bonchev–Trinajstić information content (AvgIpc) is 3.36. The molecule has 192 valence electrons. The maximum Gasteiger partial charge on any atom is 0.233 e. The van der Waals surface area contributed by atoms with E-state index in [0.717, 1.165) is 64.5 Å². The largest absolute Gasteiger partial charge is 0.356 e. The maximum absolute atomic E-state index is 12.8. The van der Waals surface area contributed by atoms with E-state index >= 15 is 0 Å². The molecule has 4 heterocycles. The molecule has 8 nitrogen and oxygen atoms in total. The molecule has 3 aliphatic rings. The lowest BCUT2D eigenvalue weighted by atomic mass is 10.0. The van der Waals surface area contributed by atoms with Gasteiger partial charge in [-0.05, 0) is 5.56 Å². The fourth-order valence-electron chi connectivity index (χ4n) is 4.77. The zero-order chi connectivity index (χ0) is 24.8. The molecule has 0 N–H and O–H groups in total. The molecule has 3 aliphatic heterocycles. The quantitative estimate of drug-likeness (QED) is 0.307. The molecular formula is C26H32ClN5O3S. The van der Waals surface area contributed by atoms with Gasteiger partial charge in [0.05, 0.1) is 19.0 Å². The molecular weight excluding hydrogens is 498 g/mol. The predicted molar refractivity (Wildman–Crippen MR) is 142 cm³/mol. The number of carbonyl (C=O) groups excluding carboxylic acids is 1. The van der Waals surface area contributed by atoms with Gasteiger partial charge in [-0.1, -0.05) is 65.8 Å². The van der Waals surface area contributed by atoms with E-state index in [1.54, 1.807) is 6.07 Å². The highest BCUT2D eigenvalue weighted by atomic mass is 35.5. The Kier molecular flexibility index (Phi) is 8.43. The van der Waals surface area contributed by atoms with Crippen LogP contribution in [0.5, 0.6) is 0 Å². The van der Waals surface area contributed by atoms with Crippen LogP contribution in [0.2, 0.25) is 5.15 Å². The van der Waals surface area contributed by atoms with Crippen molar-refractivity contribution in [2.24, 2.45) is 0 Å². The summed E-state index contributed by atoms with van der Waals surface area (Å²) < 4.78 is 11.6. The third-order valence-electron chi connectivity index (χ3n) is 6.85. The number of benzene rings is 1. The van der Waals surface area contributed by atoms with E-state index in [2.05, 4.69) is 44.1 Å². The summed E-state index contributed by atoms with van der Waals surface area (Å²) in [4.78, 5) is 28.3. The second-order valence-corrected chi connectivity index (χ2v) is 10.5. The highest BCUT2D eigenvalue weighted by molar-refractivity contribution is 7.99. The van der Waals surface area contributed by atoms with E-state index in [4.69, 9.17) is 21.1 Å². The van der Waals surface area contributed by atoms with Gasteiger partial charge in [0.2, 0.25) is 5.91 Å². The van der Waals surface area contributed by atoms with Crippen molar-refractivity contribution in [3.8, 4) is 0 Å². The molecule has 1 aromatic heterocycles. The van der Waals surface area contributed by atoms with Crippen molar-refractivity contribution in [3.05, 3.63) is 53.2 Å². The summed E-state index contributed by atoms with van der Waals surface area (Å²) in [5.74, 6) is 0.771. The minimum absolute atomic E-state index is 0.111. The van der Waals surface area contributed by atoms with Crippen LogP contribution in [-0.4, -0.2) is 96.2 Å². The molecule has 1 aromatic carbocycles. The van der Waals surface area contributed by atoms with Gasteiger partial charge < -0.3 is 19.3 Å². The second-order valence-electron chi connectivity index (χ2n) is 9.21. The van der Waals surface area contributed by atoms with Crippen LogP contribution in [0.3, 0.4) is 0 Å². The van der Waals surface area contributed by atoms with Crippen LogP contribution in [0.25, 0.3) is 6.08 Å². The van der Waals surface area contributed by atoms with Gasteiger partial charge in [-0.25, -0.2) is 9.97 Å². The van der Waals surface area contributed by atoms with E-state index < -0.39 is 5.79 Å². The molecule has 0 atom stereocenters. The minimum Gasteiger partial charge on any atom is -0.356 e. The fraction of sp³-hybridized carbons (Fsp3) is 0.500. The van der Waals surface area contributed by atoms with Gasteiger partial charge in [-0.3, -0.25) is 9.69 Å². The number of carbonyl (C=O) groups is 1. The highest BCUT2D eigenvalue weighted by Gasteiger charge is 2.40. The Morgan fingerprint density at radius 2 is 1.75 bits per heavy atom. The summed E-state index contributed by atoms with van der Waals surface area (Å²) in [5.41, 5.74) is 1.20. The maximum atomic E-state index is 12.8. The van der Waals surface area contributed by atoms with E-state index in [9.17, 15) is 4.79 Å². The number of piperidine rings is 1. The Balaban J connectivity index is 1.07. The van der Waals surface area contributed by atoms with Crippen LogP contribution in [0.4, 0.5) is 5.82 Å². The lowest BCUT2D eigenvalue weighted by Crippen LogP contribution is -2.49. The summed E-state index contributed by atoms with van der Waals surface area (Å²) >= 11 is 7.65. The zero-order valence-electron chi connectivity index (χ0n) is 20.4. The molecule has 0 bridgehead atoms. The van der Waals surface area contributed by atoms with Crippen molar-refractivity contribution in [2.75, 3.05) is 69.7 Å². The van der Waals surface area contributed by atoms with E-state index in [1.165, 1.54) is 17.3 Å². The van der Waals surface area contributed by atoms with Crippen LogP contribution >= 0.6 is 23.4 Å². The van der Waals surface area contributed by atoms with Crippen LogP contribution in [-0.2, 0) is 14.3 Å². The van der Waals surface area contributed by atoms with Gasteiger partial charge in [0.15, 0.2) is 10.9 Å². The summed E-state index contributed by atoms with van der Waals surface area (Å²) in [5, 5.41) is 0.921. The first-order valence-corrected chi connectivity index (χ1v) is 13.9. The molecule has 3 fully saturated rings. The first-order chi connectivity index (χ1) is 17.6. The molecule has 1 amide bonds. The molecule has 2 aromatic rings. The molecule has 0 saturated carbocycles. The van der Waals surface area contributed by atoms with Crippen LogP contribution in [0, 0.1) is 0 Å². The van der Waals surface area contributed by atoms with Gasteiger partial charge in [0.25, 0.3) is 0 Å². The Morgan fingerprint density at radius 3 is 2.47 bits per heavy atom. The van der Waals surface area contributed by atoms with Gasteiger partial charge in [-0.15, -0.1) is 0 Å². The summed E-state index contributed by atoms with van der Waals surface area (Å²) in [7, 11) is 0. The van der Waals surface area contributed by atoms with Crippen molar-refractivity contribution >= 4 is 41.2 Å². The first kappa shape index (κ1) is 25.5. The fourth-order valence-corrected chi connectivity index (χ4v) is 5.76. The number of anilines is 1. The standard InChI is InChI=1S/C26H32ClN5O3S/c27-22-19-23(31-11-8-26(9-12-31)34-17-18-35-26)29-25(28-22)36-20-24(33)32-15-13-30(14-16-32)10-4-7-21-5-2-1-3-6-21/h1-7,19H,8-18,20H2. The van der Waals surface area contributed by atoms with Crippen LogP contribution in [0.15, 0.2) is 47.6 Å². The summed E-state index contributed by atoms with van der Waals surface area (Å²) in [6, 6.07) is 12.1. The molecule has 0 unspecified atom stereocenters. The van der Waals surface area contributed by atoms with Crippen molar-refractivity contribution in [1.29, 1.82) is 0 Å². The number of halogens is 1. The van der Waals surface area contributed by atoms with Gasteiger partial charge in [-0.2, -0.15) is 0 Å². The summed E-state index contributed by atoms with van der Waals surface area (Å²) in [6.07, 6.45) is 5.92. The predicted octanol–water partition coefficient (Wildman–Crippen LogP) is 3.42. The Hall–Kier alpha value is -2.17. The topological polar surface area (TPSA) is 71.0 Å². The van der Waals surface area contributed by atoms with Crippen LogP contribution < -0.4 is 4.90 Å². The SMILES string of the molecule is O=C(CSc1nc(Cl)cc(N2CCC3(CC2)OCCO3)n1)N1CCN(CC=Cc2ccccc2)CC1. The van der Waals surface area contributed by atoms with Crippen molar-refractivity contribution in [2.45, 2.75) is 23.8 Å². The van der Waals surface area contributed by atoms with Crippen molar-refractivity contribution in [3.63, 3.8) is 0 Å². The van der Waals surface area contributed by atoms with E-state index in [-0.39, 0.29) is 5.91 Å². The zero-order valence-corrected chi connectivity index (χ0v) is 21.9. The smallest absolute Gasteiger partial charge is 0.233 e.